The van der Waals surface area contributed by atoms with E-state index in [1.54, 1.807) is 12.1 Å². The van der Waals surface area contributed by atoms with Gasteiger partial charge in [0.2, 0.25) is 0 Å². The van der Waals surface area contributed by atoms with E-state index in [1.165, 1.54) is 11.8 Å². The van der Waals surface area contributed by atoms with Gasteiger partial charge in [-0.3, -0.25) is 10.1 Å². The molecule has 0 aliphatic heterocycles. The second kappa shape index (κ2) is 4.46. The van der Waals surface area contributed by atoms with Crippen LogP contribution in [0.5, 0.6) is 0 Å². The van der Waals surface area contributed by atoms with Crippen LogP contribution >= 0.6 is 11.8 Å². The predicted molar refractivity (Wildman–Crippen MR) is 59.0 cm³/mol. The fourth-order valence-corrected chi connectivity index (χ4v) is 1.65. The molecule has 0 amide bonds. The molecule has 1 aromatic rings. The number of nitro groups is 1. The zero-order valence-corrected chi connectivity index (χ0v) is 9.30. The molecule has 3 nitrogen and oxygen atoms in total. The van der Waals surface area contributed by atoms with Gasteiger partial charge in [0.15, 0.2) is 0 Å². The van der Waals surface area contributed by atoms with Gasteiger partial charge in [0.1, 0.15) is 0 Å². The van der Waals surface area contributed by atoms with Crippen molar-refractivity contribution in [2.24, 2.45) is 0 Å². The summed E-state index contributed by atoms with van der Waals surface area (Å²) in [6.45, 7) is 4.06. The Hall–Kier alpha value is -1.03. The van der Waals surface area contributed by atoms with Crippen LogP contribution in [0, 0.1) is 10.1 Å². The van der Waals surface area contributed by atoms with Crippen LogP contribution in [-0.2, 0) is 0 Å². The number of thioether (sulfide) groups is 1. The molecular formula is C10H13NO2S. The second-order valence-electron chi connectivity index (χ2n) is 3.38. The Morgan fingerprint density at radius 3 is 2.43 bits per heavy atom. The smallest absolute Gasteiger partial charge is 0.258 e. The van der Waals surface area contributed by atoms with Crippen LogP contribution in [-0.4, -0.2) is 11.2 Å². The van der Waals surface area contributed by atoms with Crippen molar-refractivity contribution < 1.29 is 4.92 Å². The van der Waals surface area contributed by atoms with E-state index in [1.807, 2.05) is 26.2 Å². The van der Waals surface area contributed by atoms with Crippen molar-refractivity contribution in [1.29, 1.82) is 0 Å². The van der Waals surface area contributed by atoms with Gasteiger partial charge in [-0.25, -0.2) is 0 Å². The van der Waals surface area contributed by atoms with Crippen molar-refractivity contribution in [2.45, 2.75) is 24.7 Å². The number of non-ortho nitro benzene ring substituents is 1. The van der Waals surface area contributed by atoms with E-state index < -0.39 is 0 Å². The zero-order valence-electron chi connectivity index (χ0n) is 8.48. The fourth-order valence-electron chi connectivity index (χ4n) is 1.16. The summed E-state index contributed by atoms with van der Waals surface area (Å²) in [5.74, 6) is 0.320. The van der Waals surface area contributed by atoms with Gasteiger partial charge < -0.3 is 0 Å². The molecule has 4 heteroatoms. The van der Waals surface area contributed by atoms with Crippen molar-refractivity contribution >= 4 is 17.4 Å². The third-order valence-corrected chi connectivity index (χ3v) is 2.73. The fraction of sp³-hybridized carbons (Fsp3) is 0.400. The Kier molecular flexibility index (Phi) is 3.52. The molecule has 0 fully saturated rings. The molecule has 0 saturated heterocycles. The lowest BCUT2D eigenvalue weighted by Gasteiger charge is -2.06. The van der Waals surface area contributed by atoms with E-state index in [0.717, 1.165) is 10.5 Å². The molecule has 0 heterocycles. The molecular weight excluding hydrogens is 198 g/mol. The molecule has 0 spiro atoms. The van der Waals surface area contributed by atoms with E-state index in [4.69, 9.17) is 0 Å². The van der Waals surface area contributed by atoms with Crippen LogP contribution in [0.15, 0.2) is 23.1 Å². The summed E-state index contributed by atoms with van der Waals surface area (Å²) in [4.78, 5) is 11.2. The highest BCUT2D eigenvalue weighted by Crippen LogP contribution is 2.27. The lowest BCUT2D eigenvalue weighted by molar-refractivity contribution is -0.385. The first-order valence-electron chi connectivity index (χ1n) is 4.38. The molecule has 1 aromatic carbocycles. The molecule has 0 aliphatic rings. The normalized spacial score (nSPS) is 10.6. The van der Waals surface area contributed by atoms with Gasteiger partial charge in [0, 0.05) is 17.0 Å². The summed E-state index contributed by atoms with van der Waals surface area (Å²) in [7, 11) is 0. The minimum atomic E-state index is -0.342. The average molecular weight is 211 g/mol. The quantitative estimate of drug-likeness (QED) is 0.437. The monoisotopic (exact) mass is 211 g/mol. The van der Waals surface area contributed by atoms with Crippen LogP contribution in [0.3, 0.4) is 0 Å². The Labute approximate surface area is 87.7 Å². The molecule has 1 rings (SSSR count). The van der Waals surface area contributed by atoms with Crippen LogP contribution in [0.4, 0.5) is 5.69 Å². The summed E-state index contributed by atoms with van der Waals surface area (Å²) in [6.07, 6.45) is 1.92. The minimum Gasteiger partial charge on any atom is -0.258 e. The SMILES string of the molecule is CSc1cc(C(C)C)cc([N+](=O)[O-])c1. The van der Waals surface area contributed by atoms with Crippen LogP contribution in [0.1, 0.15) is 25.3 Å². The molecule has 0 atom stereocenters. The minimum absolute atomic E-state index is 0.181. The Morgan fingerprint density at radius 2 is 2.00 bits per heavy atom. The van der Waals surface area contributed by atoms with E-state index in [2.05, 4.69) is 0 Å². The van der Waals surface area contributed by atoms with Gasteiger partial charge in [-0.1, -0.05) is 13.8 Å². The van der Waals surface area contributed by atoms with Crippen molar-refractivity contribution in [3.8, 4) is 0 Å². The maximum atomic E-state index is 10.6. The highest BCUT2D eigenvalue weighted by Gasteiger charge is 2.10. The molecule has 0 bridgehead atoms. The molecule has 14 heavy (non-hydrogen) atoms. The molecule has 0 N–H and O–H groups in total. The van der Waals surface area contributed by atoms with Gasteiger partial charge >= 0.3 is 0 Å². The third kappa shape index (κ3) is 2.48. The summed E-state index contributed by atoms with van der Waals surface area (Å²) >= 11 is 1.53. The maximum absolute atomic E-state index is 10.6. The van der Waals surface area contributed by atoms with Crippen LogP contribution in [0.25, 0.3) is 0 Å². The maximum Gasteiger partial charge on any atom is 0.270 e. The van der Waals surface area contributed by atoms with Gasteiger partial charge in [-0.05, 0) is 23.8 Å². The predicted octanol–water partition coefficient (Wildman–Crippen LogP) is 3.44. The van der Waals surface area contributed by atoms with Gasteiger partial charge in [-0.15, -0.1) is 11.8 Å². The highest BCUT2D eigenvalue weighted by molar-refractivity contribution is 7.98. The lowest BCUT2D eigenvalue weighted by Crippen LogP contribution is -1.93. The molecule has 76 valence electrons. The number of nitrogens with zero attached hydrogens (tertiary/aromatic N) is 1. The van der Waals surface area contributed by atoms with Crippen LogP contribution in [0.2, 0.25) is 0 Å². The highest BCUT2D eigenvalue weighted by atomic mass is 32.2. The molecule has 0 unspecified atom stereocenters. The van der Waals surface area contributed by atoms with Gasteiger partial charge in [0.05, 0.1) is 4.92 Å². The Balaban J connectivity index is 3.20. The van der Waals surface area contributed by atoms with E-state index in [9.17, 15) is 10.1 Å². The van der Waals surface area contributed by atoms with Gasteiger partial charge in [-0.2, -0.15) is 0 Å². The first-order chi connectivity index (χ1) is 6.54. The first-order valence-corrected chi connectivity index (χ1v) is 5.60. The number of hydrogen-bond acceptors (Lipinski definition) is 3. The number of benzene rings is 1. The van der Waals surface area contributed by atoms with E-state index in [-0.39, 0.29) is 10.6 Å². The van der Waals surface area contributed by atoms with Crippen molar-refractivity contribution in [1.82, 2.24) is 0 Å². The lowest BCUT2D eigenvalue weighted by atomic mass is 10.0. The van der Waals surface area contributed by atoms with Crippen molar-refractivity contribution in [2.75, 3.05) is 6.26 Å². The number of hydrogen-bond donors (Lipinski definition) is 0. The summed E-state index contributed by atoms with van der Waals surface area (Å²) in [6, 6.07) is 5.25. The number of nitro benzene ring substituents is 1. The molecule has 0 aromatic heterocycles. The number of rotatable bonds is 3. The summed E-state index contributed by atoms with van der Waals surface area (Å²) in [5.41, 5.74) is 1.20. The third-order valence-electron chi connectivity index (χ3n) is 2.03. The van der Waals surface area contributed by atoms with E-state index in [0.29, 0.717) is 5.92 Å². The van der Waals surface area contributed by atoms with Crippen molar-refractivity contribution in [3.05, 3.63) is 33.9 Å². The topological polar surface area (TPSA) is 43.1 Å². The molecule has 0 aliphatic carbocycles. The summed E-state index contributed by atoms with van der Waals surface area (Å²) in [5, 5.41) is 10.6. The Morgan fingerprint density at radius 1 is 1.36 bits per heavy atom. The largest absolute Gasteiger partial charge is 0.270 e. The van der Waals surface area contributed by atoms with Crippen LogP contribution < -0.4 is 0 Å². The van der Waals surface area contributed by atoms with Gasteiger partial charge in [0.25, 0.3) is 5.69 Å². The first kappa shape index (κ1) is 11.0. The standard InChI is InChI=1S/C10H13NO2S/c1-7(2)8-4-9(11(12)13)6-10(5-8)14-3/h4-7H,1-3H3. The molecule has 0 saturated carbocycles. The average Bonchev–Trinajstić information content (AvgIpc) is 2.16. The molecule has 0 radical (unpaired) electrons. The summed E-state index contributed by atoms with van der Waals surface area (Å²) < 4.78 is 0. The van der Waals surface area contributed by atoms with E-state index >= 15 is 0 Å². The van der Waals surface area contributed by atoms with Crippen molar-refractivity contribution in [3.63, 3.8) is 0 Å². The zero-order chi connectivity index (χ0) is 10.7. The Bertz CT molecular complexity index is 350. The second-order valence-corrected chi connectivity index (χ2v) is 4.26.